The Kier molecular flexibility index (Phi) is 5.39. The van der Waals surface area contributed by atoms with E-state index in [0.717, 1.165) is 28.7 Å². The predicted octanol–water partition coefficient (Wildman–Crippen LogP) is 3.30. The predicted molar refractivity (Wildman–Crippen MR) is 92.4 cm³/mol. The highest BCUT2D eigenvalue weighted by molar-refractivity contribution is 5.85. The van der Waals surface area contributed by atoms with Gasteiger partial charge in [0.25, 0.3) is 0 Å². The summed E-state index contributed by atoms with van der Waals surface area (Å²) < 4.78 is 4.78. The third-order valence-corrected chi connectivity index (χ3v) is 4.73. The van der Waals surface area contributed by atoms with Crippen LogP contribution in [-0.2, 0) is 17.8 Å². The van der Waals surface area contributed by atoms with Crippen molar-refractivity contribution < 1.29 is 19.4 Å². The Labute approximate surface area is 147 Å². The minimum absolute atomic E-state index is 0. The third-order valence-electron chi connectivity index (χ3n) is 4.73. The molecular weight excluding hydrogens is 332 g/mol. The Bertz CT molecular complexity index is 677. The van der Waals surface area contributed by atoms with E-state index in [2.05, 4.69) is 6.58 Å². The lowest BCUT2D eigenvalue weighted by molar-refractivity contribution is 0.132. The first-order chi connectivity index (χ1) is 11.0. The highest BCUT2D eigenvalue weighted by atomic mass is 35.5. The summed E-state index contributed by atoms with van der Waals surface area (Å²) in [6.07, 6.45) is 1.47. The molecule has 3 rings (SSSR count). The van der Waals surface area contributed by atoms with Gasteiger partial charge in [-0.05, 0) is 28.7 Å². The summed E-state index contributed by atoms with van der Waals surface area (Å²) >= 11 is 0. The number of amides is 2. The number of carbonyl (C=O) groups excluding carboxylic acids is 1. The molecule has 1 unspecified atom stereocenters. The molecule has 0 aromatic heterocycles. The van der Waals surface area contributed by atoms with Crippen LogP contribution in [0.5, 0.6) is 0 Å². The van der Waals surface area contributed by atoms with Crippen LogP contribution in [0.4, 0.5) is 9.59 Å². The molecule has 1 aromatic carbocycles. The number of halogens is 1. The average molecular weight is 353 g/mol. The summed E-state index contributed by atoms with van der Waals surface area (Å²) in [6, 6.07) is 4.05. The zero-order valence-electron chi connectivity index (χ0n) is 13.5. The van der Waals surface area contributed by atoms with Gasteiger partial charge in [0.2, 0.25) is 0 Å². The third kappa shape index (κ3) is 3.06. The number of fused-ring (bicyclic) bond motifs is 1. The van der Waals surface area contributed by atoms with Gasteiger partial charge in [-0.15, -0.1) is 12.4 Å². The number of nitrogens with zero attached hydrogens (tertiary/aromatic N) is 2. The number of carbonyl (C=O) groups is 2. The number of hydrogen-bond donors (Lipinski definition) is 1. The van der Waals surface area contributed by atoms with Crippen LogP contribution in [0.25, 0.3) is 6.08 Å². The van der Waals surface area contributed by atoms with E-state index in [9.17, 15) is 14.7 Å². The zero-order chi connectivity index (χ0) is 16.6. The molecule has 7 heteroatoms. The molecule has 24 heavy (non-hydrogen) atoms. The van der Waals surface area contributed by atoms with E-state index in [1.807, 2.05) is 12.1 Å². The number of carboxylic acid groups (broad SMARTS) is 1. The van der Waals surface area contributed by atoms with Crippen LogP contribution in [0.1, 0.15) is 34.6 Å². The number of ether oxygens (including phenoxy) is 1. The number of methoxy groups -OCH3 is 1. The molecule has 2 aliphatic rings. The van der Waals surface area contributed by atoms with Crippen molar-refractivity contribution in [3.05, 3.63) is 41.0 Å². The lowest BCUT2D eigenvalue weighted by Crippen LogP contribution is -2.28. The van der Waals surface area contributed by atoms with Crippen molar-refractivity contribution in [3.8, 4) is 0 Å². The van der Waals surface area contributed by atoms with Crippen LogP contribution in [-0.4, -0.2) is 47.3 Å². The van der Waals surface area contributed by atoms with E-state index >= 15 is 0 Å². The smallest absolute Gasteiger partial charge is 0.409 e. The molecule has 0 bridgehead atoms. The quantitative estimate of drug-likeness (QED) is 0.886. The molecule has 1 N–H and O–H groups in total. The van der Waals surface area contributed by atoms with Crippen LogP contribution in [0.15, 0.2) is 18.7 Å². The maximum Gasteiger partial charge on any atom is 0.409 e. The molecule has 1 fully saturated rings. The topological polar surface area (TPSA) is 70.1 Å². The van der Waals surface area contributed by atoms with Gasteiger partial charge in [-0.3, -0.25) is 4.90 Å². The van der Waals surface area contributed by atoms with Gasteiger partial charge >= 0.3 is 12.2 Å². The first-order valence-electron chi connectivity index (χ1n) is 7.63. The van der Waals surface area contributed by atoms with E-state index in [-0.39, 0.29) is 24.4 Å². The summed E-state index contributed by atoms with van der Waals surface area (Å²) in [4.78, 5) is 26.0. The van der Waals surface area contributed by atoms with Gasteiger partial charge in [0.1, 0.15) is 0 Å². The number of likely N-dealkylation sites (tertiary alicyclic amines) is 1. The Balaban J connectivity index is 0.00000208. The second-order valence-corrected chi connectivity index (χ2v) is 5.95. The molecule has 2 aliphatic heterocycles. The largest absolute Gasteiger partial charge is 0.465 e. The summed E-state index contributed by atoms with van der Waals surface area (Å²) in [5.41, 5.74) is 4.23. The molecule has 1 atom stereocenters. The van der Waals surface area contributed by atoms with Crippen LogP contribution < -0.4 is 0 Å². The molecule has 1 aromatic rings. The number of benzene rings is 1. The second kappa shape index (κ2) is 7.13. The van der Waals surface area contributed by atoms with Crippen LogP contribution in [0.2, 0.25) is 0 Å². The van der Waals surface area contributed by atoms with Crippen LogP contribution >= 0.6 is 12.4 Å². The van der Waals surface area contributed by atoms with Gasteiger partial charge in [0.15, 0.2) is 0 Å². The minimum Gasteiger partial charge on any atom is -0.465 e. The molecule has 2 heterocycles. The molecule has 0 spiro atoms. The Morgan fingerprint density at radius 3 is 2.71 bits per heavy atom. The van der Waals surface area contributed by atoms with Crippen molar-refractivity contribution in [3.63, 3.8) is 0 Å². The highest BCUT2D eigenvalue weighted by Gasteiger charge is 2.32. The minimum atomic E-state index is -0.907. The summed E-state index contributed by atoms with van der Waals surface area (Å²) in [5, 5.41) is 9.19. The number of rotatable bonds is 2. The first-order valence-corrected chi connectivity index (χ1v) is 7.63. The van der Waals surface area contributed by atoms with Crippen molar-refractivity contribution in [2.75, 3.05) is 20.2 Å². The maximum atomic E-state index is 11.7. The van der Waals surface area contributed by atoms with E-state index in [1.165, 1.54) is 12.0 Å². The van der Waals surface area contributed by atoms with Crippen molar-refractivity contribution >= 4 is 30.7 Å². The van der Waals surface area contributed by atoms with Gasteiger partial charge < -0.3 is 14.7 Å². The van der Waals surface area contributed by atoms with E-state index < -0.39 is 6.09 Å². The van der Waals surface area contributed by atoms with Gasteiger partial charge in [-0.2, -0.15) is 0 Å². The lowest BCUT2D eigenvalue weighted by atomic mass is 9.89. The fraction of sp³-hybridized carbons (Fsp3) is 0.412. The molecule has 130 valence electrons. The lowest BCUT2D eigenvalue weighted by Gasteiger charge is -2.18. The zero-order valence-corrected chi connectivity index (χ0v) is 14.3. The number of hydrogen-bond acceptors (Lipinski definition) is 3. The van der Waals surface area contributed by atoms with Gasteiger partial charge in [-0.1, -0.05) is 24.8 Å². The molecule has 1 saturated heterocycles. The Morgan fingerprint density at radius 2 is 2.08 bits per heavy atom. The molecule has 2 amide bonds. The van der Waals surface area contributed by atoms with Crippen molar-refractivity contribution in [1.82, 2.24) is 9.80 Å². The average Bonchev–Trinajstić information content (AvgIpc) is 3.19. The SMILES string of the molecule is C=Cc1c(C2CCN(C(=O)OC)C2)ccc2c1CN(C(=O)O)C2.Cl. The Morgan fingerprint density at radius 1 is 1.33 bits per heavy atom. The van der Waals surface area contributed by atoms with E-state index in [0.29, 0.717) is 26.2 Å². The van der Waals surface area contributed by atoms with Gasteiger partial charge in [0, 0.05) is 25.6 Å². The molecule has 0 saturated carbocycles. The first kappa shape index (κ1) is 18.1. The fourth-order valence-corrected chi connectivity index (χ4v) is 3.56. The van der Waals surface area contributed by atoms with Gasteiger partial charge in [-0.25, -0.2) is 9.59 Å². The molecular formula is C17H21ClN2O4. The standard InChI is InChI=1S/C17H20N2O4.ClH/c1-3-13-14(12-6-7-18(8-12)17(22)23-2)5-4-11-9-19(16(20)21)10-15(11)13;/h3-5,12H,1,6-10H2,2H3,(H,20,21);1H. The molecule has 0 aliphatic carbocycles. The van der Waals surface area contributed by atoms with Gasteiger partial charge in [0.05, 0.1) is 13.7 Å². The van der Waals surface area contributed by atoms with Crippen molar-refractivity contribution in [2.45, 2.75) is 25.4 Å². The van der Waals surface area contributed by atoms with E-state index in [1.54, 1.807) is 11.0 Å². The second-order valence-electron chi connectivity index (χ2n) is 5.95. The molecule has 6 nitrogen and oxygen atoms in total. The monoisotopic (exact) mass is 352 g/mol. The highest BCUT2D eigenvalue weighted by Crippen LogP contribution is 2.36. The normalized spacial score (nSPS) is 18.8. The molecule has 0 radical (unpaired) electrons. The van der Waals surface area contributed by atoms with Crippen molar-refractivity contribution in [2.24, 2.45) is 0 Å². The fourth-order valence-electron chi connectivity index (χ4n) is 3.56. The summed E-state index contributed by atoms with van der Waals surface area (Å²) in [6.45, 7) is 6.02. The summed E-state index contributed by atoms with van der Waals surface area (Å²) in [7, 11) is 1.39. The van der Waals surface area contributed by atoms with Crippen LogP contribution in [0, 0.1) is 0 Å². The van der Waals surface area contributed by atoms with Crippen molar-refractivity contribution in [1.29, 1.82) is 0 Å². The Hall–Kier alpha value is -2.21. The van der Waals surface area contributed by atoms with Crippen LogP contribution in [0.3, 0.4) is 0 Å². The maximum absolute atomic E-state index is 11.7. The van der Waals surface area contributed by atoms with E-state index in [4.69, 9.17) is 4.74 Å². The summed E-state index contributed by atoms with van der Waals surface area (Å²) in [5.74, 6) is 0.228.